The zero-order valence-corrected chi connectivity index (χ0v) is 15.4. The van der Waals surface area contributed by atoms with Gasteiger partial charge in [-0.3, -0.25) is 4.79 Å². The predicted molar refractivity (Wildman–Crippen MR) is 99.9 cm³/mol. The van der Waals surface area contributed by atoms with E-state index in [1.807, 2.05) is 51.1 Å². The lowest BCUT2D eigenvalue weighted by molar-refractivity contribution is 0.0971. The number of benzene rings is 1. The van der Waals surface area contributed by atoms with E-state index >= 15 is 0 Å². The second-order valence-electron chi connectivity index (χ2n) is 6.34. The van der Waals surface area contributed by atoms with Crippen molar-refractivity contribution in [1.82, 2.24) is 10.1 Å². The minimum atomic E-state index is 0.145. The molecule has 0 aliphatic rings. The highest BCUT2D eigenvalue weighted by atomic mass is 32.1. The van der Waals surface area contributed by atoms with Crippen LogP contribution in [0.25, 0.3) is 11.3 Å². The number of nitrogens with one attached hydrogen (secondary N) is 1. The van der Waals surface area contributed by atoms with Gasteiger partial charge in [0.1, 0.15) is 11.5 Å². The summed E-state index contributed by atoms with van der Waals surface area (Å²) in [7, 11) is 0. The summed E-state index contributed by atoms with van der Waals surface area (Å²) in [5, 5.41) is 8.19. The quantitative estimate of drug-likeness (QED) is 0.608. The van der Waals surface area contributed by atoms with Crippen LogP contribution >= 0.6 is 11.3 Å². The fourth-order valence-electron chi connectivity index (χ4n) is 2.54. The van der Waals surface area contributed by atoms with Crippen LogP contribution in [-0.4, -0.2) is 15.9 Å². The van der Waals surface area contributed by atoms with E-state index in [0.29, 0.717) is 23.8 Å². The zero-order valence-electron chi connectivity index (χ0n) is 14.6. The second kappa shape index (κ2) is 7.61. The smallest absolute Gasteiger partial charge is 0.183 e. The van der Waals surface area contributed by atoms with Crippen LogP contribution in [0.15, 0.2) is 41.1 Å². The summed E-state index contributed by atoms with van der Waals surface area (Å²) in [5.74, 6) is 1.27. The molecule has 0 aliphatic heterocycles. The summed E-state index contributed by atoms with van der Waals surface area (Å²) in [6.07, 6.45) is 2.20. The average molecular weight is 355 g/mol. The summed E-state index contributed by atoms with van der Waals surface area (Å²) in [6, 6.07) is 9.94. The van der Waals surface area contributed by atoms with Gasteiger partial charge in [0.25, 0.3) is 0 Å². The van der Waals surface area contributed by atoms with Crippen LogP contribution in [0.2, 0.25) is 0 Å². The van der Waals surface area contributed by atoms with E-state index in [-0.39, 0.29) is 5.78 Å². The summed E-state index contributed by atoms with van der Waals surface area (Å²) >= 11 is 1.39. The summed E-state index contributed by atoms with van der Waals surface area (Å²) < 4.78 is 5.36. The number of carbonyl (C=O) groups excluding carboxylic acids is 1. The molecule has 0 spiro atoms. The Balaban J connectivity index is 1.72. The van der Waals surface area contributed by atoms with E-state index in [1.54, 1.807) is 6.20 Å². The van der Waals surface area contributed by atoms with Gasteiger partial charge in [-0.25, -0.2) is 4.98 Å². The molecule has 0 bridgehead atoms. The number of ketones is 1. The van der Waals surface area contributed by atoms with E-state index in [2.05, 4.69) is 15.5 Å². The highest BCUT2D eigenvalue weighted by molar-refractivity contribution is 7.17. The molecule has 0 atom stereocenters. The lowest BCUT2D eigenvalue weighted by Crippen LogP contribution is -2.01. The van der Waals surface area contributed by atoms with Gasteiger partial charge in [0, 0.05) is 24.1 Å². The maximum absolute atomic E-state index is 12.1. The number of aryl methyl sites for hydroxylation is 1. The molecule has 6 heteroatoms. The topological polar surface area (TPSA) is 68.0 Å². The van der Waals surface area contributed by atoms with Gasteiger partial charge in [0.15, 0.2) is 10.9 Å². The number of hydrogen-bond donors (Lipinski definition) is 1. The van der Waals surface area contributed by atoms with Crippen LogP contribution in [0, 0.1) is 12.8 Å². The van der Waals surface area contributed by atoms with Crippen LogP contribution < -0.4 is 5.32 Å². The lowest BCUT2D eigenvalue weighted by atomic mass is 10.1. The van der Waals surface area contributed by atoms with Gasteiger partial charge >= 0.3 is 0 Å². The SMILES string of the molecule is Cc1onc(-c2ccccc2)c1CNc1ncc(C(=O)CC(C)C)s1. The molecular weight excluding hydrogens is 334 g/mol. The first kappa shape index (κ1) is 17.4. The Hall–Kier alpha value is -2.47. The van der Waals surface area contributed by atoms with Gasteiger partial charge in [0.2, 0.25) is 0 Å². The molecule has 0 radical (unpaired) electrons. The molecule has 3 aromatic rings. The van der Waals surface area contributed by atoms with E-state index in [1.165, 1.54) is 11.3 Å². The van der Waals surface area contributed by atoms with Gasteiger partial charge in [0.05, 0.1) is 11.1 Å². The van der Waals surface area contributed by atoms with Crippen LogP contribution in [-0.2, 0) is 6.54 Å². The van der Waals surface area contributed by atoms with Crippen molar-refractivity contribution in [2.45, 2.75) is 33.7 Å². The maximum atomic E-state index is 12.1. The van der Waals surface area contributed by atoms with Crippen molar-refractivity contribution in [1.29, 1.82) is 0 Å². The highest BCUT2D eigenvalue weighted by Gasteiger charge is 2.16. The largest absolute Gasteiger partial charge is 0.361 e. The first-order valence-corrected chi connectivity index (χ1v) is 9.09. The Morgan fingerprint density at radius 2 is 2.04 bits per heavy atom. The number of anilines is 1. The average Bonchev–Trinajstić information content (AvgIpc) is 3.20. The standard InChI is InChI=1S/C19H21N3O2S/c1-12(2)9-16(23)17-11-21-19(25-17)20-10-15-13(3)24-22-18(15)14-7-5-4-6-8-14/h4-8,11-12H,9-10H2,1-3H3,(H,20,21). The van der Waals surface area contributed by atoms with Crippen molar-refractivity contribution in [3.05, 3.63) is 52.7 Å². The molecule has 0 aliphatic carbocycles. The third kappa shape index (κ3) is 4.14. The number of rotatable bonds is 7. The molecule has 0 saturated carbocycles. The van der Waals surface area contributed by atoms with E-state index in [0.717, 1.165) is 27.7 Å². The molecule has 2 heterocycles. The molecule has 1 aromatic carbocycles. The molecule has 0 fully saturated rings. The fourth-order valence-corrected chi connectivity index (χ4v) is 3.30. The minimum absolute atomic E-state index is 0.145. The van der Waals surface area contributed by atoms with Gasteiger partial charge in [-0.05, 0) is 12.8 Å². The molecule has 2 aromatic heterocycles. The zero-order chi connectivity index (χ0) is 17.8. The number of thiazole rings is 1. The third-order valence-corrected chi connectivity index (χ3v) is 4.82. The molecule has 5 nitrogen and oxygen atoms in total. The summed E-state index contributed by atoms with van der Waals surface area (Å²) in [4.78, 5) is 17.1. The van der Waals surface area contributed by atoms with Crippen molar-refractivity contribution < 1.29 is 9.32 Å². The molecule has 0 amide bonds. The number of hydrogen-bond acceptors (Lipinski definition) is 6. The lowest BCUT2D eigenvalue weighted by Gasteiger charge is -2.04. The van der Waals surface area contributed by atoms with Crippen molar-refractivity contribution >= 4 is 22.3 Å². The number of Topliss-reactive ketones (excluding diaryl/α,β-unsaturated/α-hetero) is 1. The Morgan fingerprint density at radius 1 is 1.28 bits per heavy atom. The molecule has 130 valence electrons. The molecule has 1 N–H and O–H groups in total. The van der Waals surface area contributed by atoms with Gasteiger partial charge in [-0.2, -0.15) is 0 Å². The Kier molecular flexibility index (Phi) is 5.28. The van der Waals surface area contributed by atoms with E-state index in [9.17, 15) is 4.79 Å². The monoisotopic (exact) mass is 355 g/mol. The predicted octanol–water partition coefficient (Wildman–Crippen LogP) is 4.95. The van der Waals surface area contributed by atoms with Crippen LogP contribution in [0.1, 0.15) is 41.3 Å². The van der Waals surface area contributed by atoms with Crippen molar-refractivity contribution in [2.75, 3.05) is 5.32 Å². The number of aromatic nitrogens is 2. The Bertz CT molecular complexity index is 853. The molecule has 0 unspecified atom stereocenters. The molecule has 3 rings (SSSR count). The van der Waals surface area contributed by atoms with Gasteiger partial charge in [-0.1, -0.05) is 60.7 Å². The third-order valence-electron chi connectivity index (χ3n) is 3.82. The minimum Gasteiger partial charge on any atom is -0.361 e. The molecule has 0 saturated heterocycles. The first-order chi connectivity index (χ1) is 12.0. The Labute approximate surface area is 151 Å². The van der Waals surface area contributed by atoms with E-state index in [4.69, 9.17) is 4.52 Å². The maximum Gasteiger partial charge on any atom is 0.183 e. The van der Waals surface area contributed by atoms with Crippen LogP contribution in [0.5, 0.6) is 0 Å². The van der Waals surface area contributed by atoms with Crippen LogP contribution in [0.4, 0.5) is 5.13 Å². The van der Waals surface area contributed by atoms with Crippen molar-refractivity contribution in [3.63, 3.8) is 0 Å². The second-order valence-corrected chi connectivity index (χ2v) is 7.37. The fraction of sp³-hybridized carbons (Fsp3) is 0.316. The van der Waals surface area contributed by atoms with Crippen LogP contribution in [0.3, 0.4) is 0 Å². The summed E-state index contributed by atoms with van der Waals surface area (Å²) in [6.45, 7) is 6.52. The Morgan fingerprint density at radius 3 is 2.76 bits per heavy atom. The summed E-state index contributed by atoms with van der Waals surface area (Å²) in [5.41, 5.74) is 2.85. The normalized spacial score (nSPS) is 11.0. The van der Waals surface area contributed by atoms with Gasteiger partial charge < -0.3 is 9.84 Å². The van der Waals surface area contributed by atoms with Crippen molar-refractivity contribution in [2.24, 2.45) is 5.92 Å². The molecule has 25 heavy (non-hydrogen) atoms. The van der Waals surface area contributed by atoms with E-state index < -0.39 is 0 Å². The number of nitrogens with zero attached hydrogens (tertiary/aromatic N) is 2. The molecular formula is C19H21N3O2S. The number of carbonyl (C=O) groups is 1. The highest BCUT2D eigenvalue weighted by Crippen LogP contribution is 2.27. The first-order valence-electron chi connectivity index (χ1n) is 8.28. The van der Waals surface area contributed by atoms with Gasteiger partial charge in [-0.15, -0.1) is 0 Å². The van der Waals surface area contributed by atoms with Crippen molar-refractivity contribution in [3.8, 4) is 11.3 Å².